The van der Waals surface area contributed by atoms with Crippen LogP contribution in [0.4, 0.5) is 17.1 Å². The minimum atomic E-state index is 1.11. The predicted octanol–water partition coefficient (Wildman–Crippen LogP) is 11.8. The van der Waals surface area contributed by atoms with Gasteiger partial charge in [-0.15, -0.1) is 0 Å². The van der Waals surface area contributed by atoms with Crippen LogP contribution in [-0.4, -0.2) is 4.98 Å². The first-order valence-electron chi connectivity index (χ1n) is 15.4. The highest BCUT2D eigenvalue weighted by Crippen LogP contribution is 2.50. The van der Waals surface area contributed by atoms with E-state index in [-0.39, 0.29) is 0 Å². The van der Waals surface area contributed by atoms with E-state index in [1.165, 1.54) is 54.9 Å². The molecule has 210 valence electrons. The Kier molecular flexibility index (Phi) is 5.85. The van der Waals surface area contributed by atoms with Crippen LogP contribution < -0.4 is 4.90 Å². The zero-order valence-corrected chi connectivity index (χ0v) is 24.6. The topological polar surface area (TPSA) is 16.1 Å². The molecule has 1 heterocycles. The zero-order chi connectivity index (χ0) is 29.7. The van der Waals surface area contributed by atoms with Crippen molar-refractivity contribution >= 4 is 38.6 Å². The van der Waals surface area contributed by atoms with Crippen molar-refractivity contribution < 1.29 is 0 Å². The van der Waals surface area contributed by atoms with Crippen LogP contribution in [0.1, 0.15) is 0 Å². The second-order valence-electron chi connectivity index (χ2n) is 11.6. The van der Waals surface area contributed by atoms with E-state index in [1.807, 2.05) is 18.5 Å². The van der Waals surface area contributed by atoms with Crippen LogP contribution in [0.25, 0.3) is 66.1 Å². The largest absolute Gasteiger partial charge is 0.310 e. The molecule has 0 saturated heterocycles. The molecule has 45 heavy (non-hydrogen) atoms. The van der Waals surface area contributed by atoms with Gasteiger partial charge in [-0.1, -0.05) is 103 Å². The number of pyridine rings is 1. The molecule has 2 nitrogen and oxygen atoms in total. The molecule has 8 aromatic rings. The minimum absolute atomic E-state index is 1.11. The molecule has 0 unspecified atom stereocenters. The van der Waals surface area contributed by atoms with E-state index in [4.69, 9.17) is 0 Å². The summed E-state index contributed by atoms with van der Waals surface area (Å²) in [4.78, 5) is 6.63. The summed E-state index contributed by atoms with van der Waals surface area (Å²) in [5, 5.41) is 5.19. The van der Waals surface area contributed by atoms with Gasteiger partial charge in [0.25, 0.3) is 0 Å². The minimum Gasteiger partial charge on any atom is -0.310 e. The normalized spacial score (nSPS) is 11.6. The quantitative estimate of drug-likeness (QED) is 0.204. The van der Waals surface area contributed by atoms with Crippen LogP contribution in [0.15, 0.2) is 170 Å². The third-order valence-corrected chi connectivity index (χ3v) is 9.06. The number of aromatic nitrogens is 1. The number of benzene rings is 7. The van der Waals surface area contributed by atoms with Crippen molar-refractivity contribution in [1.82, 2.24) is 4.98 Å². The third-order valence-electron chi connectivity index (χ3n) is 9.06. The SMILES string of the molecule is c1ccc(N(c2ccc(-c3cccnc3)cc2)c2cccc(-c3ccc4c5c(cccc35)-c3cc5ccccc5cc3-4)c2)cc1. The van der Waals surface area contributed by atoms with Crippen LogP contribution in [0, 0.1) is 0 Å². The molecule has 1 aromatic heterocycles. The smallest absolute Gasteiger partial charge is 0.0467 e. The van der Waals surface area contributed by atoms with E-state index in [9.17, 15) is 0 Å². The van der Waals surface area contributed by atoms with Gasteiger partial charge >= 0.3 is 0 Å². The maximum Gasteiger partial charge on any atom is 0.0467 e. The van der Waals surface area contributed by atoms with Gasteiger partial charge in [0.2, 0.25) is 0 Å². The molecule has 0 amide bonds. The molecule has 2 heteroatoms. The Hall–Kier alpha value is -5.99. The molecule has 0 fully saturated rings. The highest BCUT2D eigenvalue weighted by Gasteiger charge is 2.23. The van der Waals surface area contributed by atoms with Gasteiger partial charge in [0.05, 0.1) is 0 Å². The van der Waals surface area contributed by atoms with Gasteiger partial charge in [-0.3, -0.25) is 4.98 Å². The van der Waals surface area contributed by atoms with Gasteiger partial charge in [-0.2, -0.15) is 0 Å². The molecule has 0 N–H and O–H groups in total. The summed E-state index contributed by atoms with van der Waals surface area (Å²) in [5.41, 5.74) is 13.3. The number of hydrogen-bond donors (Lipinski definition) is 0. The first kappa shape index (κ1) is 25.5. The second-order valence-corrected chi connectivity index (χ2v) is 11.6. The number of rotatable bonds is 5. The Bertz CT molecular complexity index is 2310. The van der Waals surface area contributed by atoms with Crippen molar-refractivity contribution in [3.63, 3.8) is 0 Å². The number of fused-ring (bicyclic) bond motifs is 4. The van der Waals surface area contributed by atoms with Crippen molar-refractivity contribution in [2.45, 2.75) is 0 Å². The van der Waals surface area contributed by atoms with E-state index >= 15 is 0 Å². The molecular weight excluding hydrogens is 544 g/mol. The Balaban J connectivity index is 1.17. The molecule has 1 aliphatic rings. The number of para-hydroxylation sites is 1. The van der Waals surface area contributed by atoms with Gasteiger partial charge in [0.1, 0.15) is 0 Å². The lowest BCUT2D eigenvalue weighted by Gasteiger charge is -2.26. The molecule has 0 aliphatic heterocycles. The van der Waals surface area contributed by atoms with Gasteiger partial charge in [0.15, 0.2) is 0 Å². The van der Waals surface area contributed by atoms with Crippen LogP contribution in [0.3, 0.4) is 0 Å². The summed E-state index contributed by atoms with van der Waals surface area (Å²) in [6.45, 7) is 0. The van der Waals surface area contributed by atoms with Crippen molar-refractivity contribution in [3.8, 4) is 44.5 Å². The Labute approximate surface area is 262 Å². The maximum absolute atomic E-state index is 4.30. The first-order chi connectivity index (χ1) is 22.3. The highest BCUT2D eigenvalue weighted by molar-refractivity contribution is 6.20. The van der Waals surface area contributed by atoms with Crippen LogP contribution in [0.2, 0.25) is 0 Å². The summed E-state index contributed by atoms with van der Waals surface area (Å²) in [5.74, 6) is 0. The second kappa shape index (κ2) is 10.3. The molecule has 7 aromatic carbocycles. The number of anilines is 3. The van der Waals surface area contributed by atoms with Gasteiger partial charge in [-0.25, -0.2) is 0 Å². The zero-order valence-electron chi connectivity index (χ0n) is 24.6. The molecule has 0 atom stereocenters. The molecule has 0 radical (unpaired) electrons. The summed E-state index contributed by atoms with van der Waals surface area (Å²) in [6.07, 6.45) is 3.72. The van der Waals surface area contributed by atoms with Crippen molar-refractivity contribution in [2.24, 2.45) is 0 Å². The van der Waals surface area contributed by atoms with E-state index in [2.05, 4.69) is 162 Å². The van der Waals surface area contributed by atoms with Gasteiger partial charge in [-0.05, 0) is 121 Å². The Morgan fingerprint density at radius 3 is 1.78 bits per heavy atom. The third kappa shape index (κ3) is 4.22. The average molecular weight is 573 g/mol. The summed E-state index contributed by atoms with van der Waals surface area (Å²) >= 11 is 0. The van der Waals surface area contributed by atoms with Gasteiger partial charge < -0.3 is 4.90 Å². The average Bonchev–Trinajstić information content (AvgIpc) is 3.42. The van der Waals surface area contributed by atoms with Crippen LogP contribution in [-0.2, 0) is 0 Å². The van der Waals surface area contributed by atoms with E-state index < -0.39 is 0 Å². The van der Waals surface area contributed by atoms with E-state index in [0.29, 0.717) is 0 Å². The molecule has 1 aliphatic carbocycles. The highest BCUT2D eigenvalue weighted by atomic mass is 15.1. The predicted molar refractivity (Wildman–Crippen MR) is 189 cm³/mol. The lowest BCUT2D eigenvalue weighted by molar-refractivity contribution is 1.28. The standard InChI is InChI=1S/C43H28N2/c1-2-13-34(14-3-1)45(35-20-18-29(19-21-35)33-12-8-24-44-28-33)36-15-6-11-32(25-36)37-22-23-40-42-27-31-10-5-4-9-30(31)26-41(42)39-17-7-16-38(37)43(39)40/h1-28H. The summed E-state index contributed by atoms with van der Waals surface area (Å²) in [7, 11) is 0. The Morgan fingerprint density at radius 2 is 1.02 bits per heavy atom. The van der Waals surface area contributed by atoms with Crippen LogP contribution in [0.5, 0.6) is 0 Å². The number of nitrogens with zero attached hydrogens (tertiary/aromatic N) is 2. The maximum atomic E-state index is 4.30. The molecule has 0 saturated carbocycles. The molecule has 0 spiro atoms. The lowest BCUT2D eigenvalue weighted by atomic mass is 9.94. The van der Waals surface area contributed by atoms with Crippen molar-refractivity contribution in [1.29, 1.82) is 0 Å². The molecule has 0 bridgehead atoms. The van der Waals surface area contributed by atoms with Crippen molar-refractivity contribution in [2.75, 3.05) is 4.90 Å². The van der Waals surface area contributed by atoms with E-state index in [0.717, 1.165) is 28.2 Å². The monoisotopic (exact) mass is 572 g/mol. The number of hydrogen-bond acceptors (Lipinski definition) is 2. The van der Waals surface area contributed by atoms with E-state index in [1.54, 1.807) is 0 Å². The van der Waals surface area contributed by atoms with Crippen LogP contribution >= 0.6 is 0 Å². The fourth-order valence-electron chi connectivity index (χ4n) is 6.97. The fraction of sp³-hybridized carbons (Fsp3) is 0. The Morgan fingerprint density at radius 1 is 0.378 bits per heavy atom. The lowest BCUT2D eigenvalue weighted by Crippen LogP contribution is -2.09. The van der Waals surface area contributed by atoms with Gasteiger partial charge in [0, 0.05) is 29.5 Å². The summed E-state index contributed by atoms with van der Waals surface area (Å²) in [6, 6.07) is 57.1. The fourth-order valence-corrected chi connectivity index (χ4v) is 6.97. The molecular formula is C43H28N2. The van der Waals surface area contributed by atoms with Crippen molar-refractivity contribution in [3.05, 3.63) is 170 Å². The molecule has 9 rings (SSSR count). The summed E-state index contributed by atoms with van der Waals surface area (Å²) < 4.78 is 0. The first-order valence-corrected chi connectivity index (χ1v) is 15.4.